The van der Waals surface area contributed by atoms with Crippen LogP contribution in [0.1, 0.15) is 50.7 Å². The largest absolute Gasteiger partial charge is 0.464 e. The van der Waals surface area contributed by atoms with Crippen molar-refractivity contribution in [3.63, 3.8) is 0 Å². The second kappa shape index (κ2) is 7.29. The molecule has 1 saturated carbocycles. The fourth-order valence-electron chi connectivity index (χ4n) is 2.51. The molecule has 0 aliphatic heterocycles. The van der Waals surface area contributed by atoms with Crippen LogP contribution >= 0.6 is 0 Å². The number of carbonyl (C=O) groups excluding carboxylic acids is 1. The Balaban J connectivity index is 2.07. The molecule has 0 saturated heterocycles. The Morgan fingerprint density at radius 2 is 1.89 bits per heavy atom. The molecule has 3 nitrogen and oxygen atoms in total. The maximum atomic E-state index is 12.1. The van der Waals surface area contributed by atoms with Crippen molar-refractivity contribution in [2.45, 2.75) is 51.2 Å². The number of hydrogen-bond acceptors (Lipinski definition) is 3. The summed E-state index contributed by atoms with van der Waals surface area (Å²) in [6.07, 6.45) is 5.35. The number of esters is 1. The lowest BCUT2D eigenvalue weighted by Crippen LogP contribution is -2.26. The smallest absolute Gasteiger partial charge is 0.339 e. The molecule has 0 spiro atoms. The Hall–Kier alpha value is -1.35. The lowest BCUT2D eigenvalue weighted by atomic mass is 9.97. The van der Waals surface area contributed by atoms with Crippen molar-refractivity contribution in [2.24, 2.45) is 0 Å². The van der Waals surface area contributed by atoms with E-state index in [9.17, 15) is 4.79 Å². The molecule has 1 unspecified atom stereocenters. The van der Waals surface area contributed by atoms with Crippen molar-refractivity contribution in [2.75, 3.05) is 6.61 Å². The van der Waals surface area contributed by atoms with Crippen molar-refractivity contribution in [1.29, 1.82) is 0 Å². The molecule has 0 amide bonds. The van der Waals surface area contributed by atoms with E-state index in [2.05, 4.69) is 0 Å². The van der Waals surface area contributed by atoms with E-state index in [-0.39, 0.29) is 12.1 Å². The highest BCUT2D eigenvalue weighted by molar-refractivity contribution is 5.76. The highest BCUT2D eigenvalue weighted by Gasteiger charge is 2.27. The fourth-order valence-corrected chi connectivity index (χ4v) is 2.51. The lowest BCUT2D eigenvalue weighted by Gasteiger charge is -2.26. The number of ether oxygens (including phenoxy) is 2. The van der Waals surface area contributed by atoms with Gasteiger partial charge in [-0.1, -0.05) is 49.6 Å². The Morgan fingerprint density at radius 3 is 2.53 bits per heavy atom. The maximum Gasteiger partial charge on any atom is 0.339 e. The first-order valence-corrected chi connectivity index (χ1v) is 7.18. The van der Waals surface area contributed by atoms with Crippen molar-refractivity contribution in [3.05, 3.63) is 35.9 Å². The Kier molecular flexibility index (Phi) is 5.40. The molecule has 0 N–H and O–H groups in total. The van der Waals surface area contributed by atoms with Gasteiger partial charge >= 0.3 is 5.97 Å². The summed E-state index contributed by atoms with van der Waals surface area (Å²) in [5.41, 5.74) is 0.881. The molecule has 0 heterocycles. The molecule has 1 aliphatic carbocycles. The van der Waals surface area contributed by atoms with Crippen LogP contribution in [0.4, 0.5) is 0 Å². The number of carbonyl (C=O) groups is 1. The van der Waals surface area contributed by atoms with E-state index < -0.39 is 6.10 Å². The van der Waals surface area contributed by atoms with Crippen LogP contribution in [0.15, 0.2) is 30.3 Å². The Bertz CT molecular complexity index is 382. The minimum atomic E-state index is -0.579. The molecule has 0 aromatic heterocycles. The topological polar surface area (TPSA) is 35.5 Å². The minimum Gasteiger partial charge on any atom is -0.464 e. The fraction of sp³-hybridized carbons (Fsp3) is 0.562. The number of rotatable bonds is 5. The molecule has 2 rings (SSSR count). The summed E-state index contributed by atoms with van der Waals surface area (Å²) in [5.74, 6) is -0.278. The van der Waals surface area contributed by atoms with Gasteiger partial charge in [0.1, 0.15) is 0 Å². The summed E-state index contributed by atoms with van der Waals surface area (Å²) in [5, 5.41) is 0. The molecule has 1 fully saturated rings. The van der Waals surface area contributed by atoms with Crippen molar-refractivity contribution in [1.82, 2.24) is 0 Å². The van der Waals surface area contributed by atoms with Gasteiger partial charge in [-0.05, 0) is 25.3 Å². The van der Waals surface area contributed by atoms with E-state index in [0.717, 1.165) is 18.4 Å². The van der Waals surface area contributed by atoms with E-state index in [1.807, 2.05) is 37.3 Å². The third kappa shape index (κ3) is 4.06. The van der Waals surface area contributed by atoms with Gasteiger partial charge in [-0.2, -0.15) is 0 Å². The van der Waals surface area contributed by atoms with Crippen molar-refractivity contribution in [3.8, 4) is 0 Å². The minimum absolute atomic E-state index is 0.184. The van der Waals surface area contributed by atoms with Crippen LogP contribution < -0.4 is 0 Å². The van der Waals surface area contributed by atoms with E-state index in [4.69, 9.17) is 9.47 Å². The molecular formula is C16H22O3. The van der Waals surface area contributed by atoms with Gasteiger partial charge in [-0.3, -0.25) is 0 Å². The Morgan fingerprint density at radius 1 is 1.21 bits per heavy atom. The predicted molar refractivity (Wildman–Crippen MR) is 73.8 cm³/mol. The Labute approximate surface area is 114 Å². The number of benzene rings is 1. The van der Waals surface area contributed by atoms with Crippen LogP contribution in [0, 0.1) is 0 Å². The summed E-state index contributed by atoms with van der Waals surface area (Å²) in [4.78, 5) is 12.1. The van der Waals surface area contributed by atoms with E-state index >= 15 is 0 Å². The summed E-state index contributed by atoms with van der Waals surface area (Å²) < 4.78 is 11.2. The molecule has 104 valence electrons. The summed E-state index contributed by atoms with van der Waals surface area (Å²) in [6, 6.07) is 9.62. The van der Waals surface area contributed by atoms with Crippen LogP contribution in [-0.2, 0) is 14.3 Å². The summed E-state index contributed by atoms with van der Waals surface area (Å²) >= 11 is 0. The third-order valence-corrected chi connectivity index (χ3v) is 3.48. The second-order valence-corrected chi connectivity index (χ2v) is 4.94. The van der Waals surface area contributed by atoms with Gasteiger partial charge in [-0.25, -0.2) is 4.79 Å². The highest BCUT2D eigenvalue weighted by Crippen LogP contribution is 2.27. The van der Waals surface area contributed by atoms with Crippen LogP contribution in [0.3, 0.4) is 0 Å². The van der Waals surface area contributed by atoms with Gasteiger partial charge in [0, 0.05) is 0 Å². The van der Waals surface area contributed by atoms with Gasteiger partial charge in [0.2, 0.25) is 0 Å². The van der Waals surface area contributed by atoms with E-state index in [0.29, 0.717) is 6.61 Å². The molecule has 1 aromatic carbocycles. The average molecular weight is 262 g/mol. The van der Waals surface area contributed by atoms with Gasteiger partial charge in [0.25, 0.3) is 0 Å². The van der Waals surface area contributed by atoms with Gasteiger partial charge in [-0.15, -0.1) is 0 Å². The quantitative estimate of drug-likeness (QED) is 0.760. The van der Waals surface area contributed by atoms with Gasteiger partial charge in [0.15, 0.2) is 6.10 Å². The molecule has 3 heteroatoms. The standard InChI is InChI=1S/C16H22O3/c1-2-18-16(17)15(13-9-5-3-6-10-13)19-14-11-7-4-8-12-14/h3,5-6,9-10,14-15H,2,4,7-8,11-12H2,1H3. The van der Waals surface area contributed by atoms with Crippen LogP contribution in [0.25, 0.3) is 0 Å². The van der Waals surface area contributed by atoms with E-state index in [1.165, 1.54) is 19.3 Å². The third-order valence-electron chi connectivity index (χ3n) is 3.48. The number of hydrogen-bond donors (Lipinski definition) is 0. The molecule has 0 radical (unpaired) electrons. The molecule has 19 heavy (non-hydrogen) atoms. The average Bonchev–Trinajstić information content (AvgIpc) is 2.47. The first kappa shape index (κ1) is 14.1. The molecule has 1 aliphatic rings. The lowest BCUT2D eigenvalue weighted by molar-refractivity contribution is -0.162. The zero-order valence-electron chi connectivity index (χ0n) is 11.5. The SMILES string of the molecule is CCOC(=O)C(OC1CCCCC1)c1ccccc1. The van der Waals surface area contributed by atoms with Gasteiger partial charge in [0.05, 0.1) is 12.7 Å². The molecule has 1 atom stereocenters. The van der Waals surface area contributed by atoms with Crippen LogP contribution in [0.2, 0.25) is 0 Å². The van der Waals surface area contributed by atoms with E-state index in [1.54, 1.807) is 0 Å². The van der Waals surface area contributed by atoms with Crippen molar-refractivity contribution >= 4 is 5.97 Å². The maximum absolute atomic E-state index is 12.1. The highest BCUT2D eigenvalue weighted by atomic mass is 16.6. The van der Waals surface area contributed by atoms with Gasteiger partial charge < -0.3 is 9.47 Å². The normalized spacial score (nSPS) is 17.9. The molecule has 1 aromatic rings. The monoisotopic (exact) mass is 262 g/mol. The van der Waals surface area contributed by atoms with Crippen LogP contribution in [0.5, 0.6) is 0 Å². The zero-order chi connectivity index (χ0) is 13.5. The molecular weight excluding hydrogens is 240 g/mol. The second-order valence-electron chi connectivity index (χ2n) is 4.94. The zero-order valence-corrected chi connectivity index (χ0v) is 11.5. The van der Waals surface area contributed by atoms with Crippen molar-refractivity contribution < 1.29 is 14.3 Å². The molecule has 0 bridgehead atoms. The first-order chi connectivity index (χ1) is 9.31. The van der Waals surface area contributed by atoms with Crippen LogP contribution in [-0.4, -0.2) is 18.7 Å². The summed E-state index contributed by atoms with van der Waals surface area (Å²) in [7, 11) is 0. The predicted octanol–water partition coefficient (Wildman–Crippen LogP) is 3.64. The summed E-state index contributed by atoms with van der Waals surface area (Å²) in [6.45, 7) is 2.21. The first-order valence-electron chi connectivity index (χ1n) is 7.18.